The topological polar surface area (TPSA) is 46.1 Å². The van der Waals surface area contributed by atoms with Gasteiger partial charge < -0.3 is 0 Å². The Kier molecular flexibility index (Phi) is 3.06. The van der Waals surface area contributed by atoms with Crippen LogP contribution in [0.3, 0.4) is 0 Å². The Morgan fingerprint density at radius 3 is 2.72 bits per heavy atom. The van der Waals surface area contributed by atoms with Crippen molar-refractivity contribution in [3.05, 3.63) is 30.7 Å². The minimum atomic E-state index is -4.54. The van der Waals surface area contributed by atoms with Crippen LogP contribution in [0.1, 0.15) is 12.1 Å². The molecule has 0 aromatic carbocycles. The summed E-state index contributed by atoms with van der Waals surface area (Å²) in [7, 11) is 0. The summed E-state index contributed by atoms with van der Waals surface area (Å²) in [6, 6.07) is 0.781. The molecule has 0 radical (unpaired) electrons. The lowest BCUT2D eigenvalue weighted by Crippen LogP contribution is -2.26. The number of carbonyl (C=O) groups excluding carboxylic acids is 1. The van der Waals surface area contributed by atoms with Crippen molar-refractivity contribution in [3.8, 4) is 0 Å². The van der Waals surface area contributed by atoms with Crippen LogP contribution in [-0.4, -0.2) is 22.4 Å². The molecule has 1 fully saturated rings. The summed E-state index contributed by atoms with van der Waals surface area (Å²) < 4.78 is 37.5. The van der Waals surface area contributed by atoms with Crippen molar-refractivity contribution >= 4 is 11.7 Å². The van der Waals surface area contributed by atoms with Gasteiger partial charge >= 0.3 is 6.18 Å². The van der Waals surface area contributed by atoms with Gasteiger partial charge in [0.1, 0.15) is 17.8 Å². The first-order valence-corrected chi connectivity index (χ1v) is 5.24. The average Bonchev–Trinajstić information content (AvgIpc) is 2.70. The summed E-state index contributed by atoms with van der Waals surface area (Å²) in [5.74, 6) is -0.333. The fourth-order valence-corrected chi connectivity index (χ4v) is 1.76. The number of halogens is 3. The molecule has 2 heterocycles. The molecule has 0 N–H and O–H groups in total. The first-order valence-electron chi connectivity index (χ1n) is 5.24. The first kappa shape index (κ1) is 12.5. The molecule has 1 amide bonds. The summed E-state index contributed by atoms with van der Waals surface area (Å²) in [6.07, 6.45) is -1.87. The van der Waals surface area contributed by atoms with Crippen molar-refractivity contribution in [2.45, 2.75) is 12.6 Å². The van der Waals surface area contributed by atoms with Gasteiger partial charge in [-0.25, -0.2) is 9.97 Å². The molecule has 1 aromatic heterocycles. The first-order chi connectivity index (χ1) is 8.41. The van der Waals surface area contributed by atoms with E-state index in [-0.39, 0.29) is 24.1 Å². The molecule has 0 aliphatic carbocycles. The van der Waals surface area contributed by atoms with Gasteiger partial charge in [0.15, 0.2) is 0 Å². The van der Waals surface area contributed by atoms with Crippen molar-refractivity contribution in [2.75, 3.05) is 11.4 Å². The quantitative estimate of drug-likeness (QED) is 0.761. The summed E-state index contributed by atoms with van der Waals surface area (Å²) >= 11 is 0. The van der Waals surface area contributed by atoms with E-state index in [1.807, 2.05) is 0 Å². The number of hydrogen-bond donors (Lipinski definition) is 0. The summed E-state index contributed by atoms with van der Waals surface area (Å²) in [6.45, 7) is 3.87. The van der Waals surface area contributed by atoms with Crippen LogP contribution in [0, 0.1) is 5.92 Å². The van der Waals surface area contributed by atoms with Gasteiger partial charge in [-0.3, -0.25) is 9.69 Å². The number of aromatic nitrogens is 2. The van der Waals surface area contributed by atoms with Gasteiger partial charge in [-0.05, 0) is 0 Å². The number of alkyl halides is 3. The standard InChI is InChI=1S/C11H10F3N3O/c1-2-7-3-10(18)17(5-7)9-4-8(11(12,13)14)15-6-16-9/h2,4,6-7H,1,3,5H2. The van der Waals surface area contributed by atoms with Crippen LogP contribution in [0.15, 0.2) is 25.0 Å². The van der Waals surface area contributed by atoms with E-state index in [1.54, 1.807) is 6.08 Å². The van der Waals surface area contributed by atoms with E-state index in [2.05, 4.69) is 16.5 Å². The van der Waals surface area contributed by atoms with Crippen molar-refractivity contribution < 1.29 is 18.0 Å². The summed E-state index contributed by atoms with van der Waals surface area (Å²) in [5, 5.41) is 0. The lowest BCUT2D eigenvalue weighted by atomic mass is 10.1. The molecule has 1 unspecified atom stereocenters. The predicted octanol–water partition coefficient (Wildman–Crippen LogP) is 2.03. The molecule has 1 saturated heterocycles. The number of hydrogen-bond acceptors (Lipinski definition) is 3. The highest BCUT2D eigenvalue weighted by Gasteiger charge is 2.35. The van der Waals surface area contributed by atoms with Gasteiger partial charge in [0.2, 0.25) is 5.91 Å². The van der Waals surface area contributed by atoms with Gasteiger partial charge in [-0.1, -0.05) is 6.08 Å². The second-order valence-electron chi connectivity index (χ2n) is 3.96. The monoisotopic (exact) mass is 257 g/mol. The lowest BCUT2D eigenvalue weighted by molar-refractivity contribution is -0.141. The molecule has 18 heavy (non-hydrogen) atoms. The Labute approximate surface area is 101 Å². The second kappa shape index (κ2) is 4.40. The van der Waals surface area contributed by atoms with E-state index in [0.717, 1.165) is 12.4 Å². The number of anilines is 1. The predicted molar refractivity (Wildman–Crippen MR) is 57.7 cm³/mol. The van der Waals surface area contributed by atoms with Crippen LogP contribution in [-0.2, 0) is 11.0 Å². The molecule has 1 aromatic rings. The van der Waals surface area contributed by atoms with E-state index < -0.39 is 11.9 Å². The van der Waals surface area contributed by atoms with Gasteiger partial charge in [0, 0.05) is 24.9 Å². The molecule has 0 spiro atoms. The highest BCUT2D eigenvalue weighted by Crippen LogP contribution is 2.30. The number of nitrogens with zero attached hydrogens (tertiary/aromatic N) is 3. The Bertz CT molecular complexity index is 487. The number of carbonyl (C=O) groups is 1. The molecule has 96 valence electrons. The Balaban J connectivity index is 2.29. The smallest absolute Gasteiger partial charge is 0.296 e. The zero-order chi connectivity index (χ0) is 13.3. The highest BCUT2D eigenvalue weighted by atomic mass is 19.4. The van der Waals surface area contributed by atoms with Crippen molar-refractivity contribution in [3.63, 3.8) is 0 Å². The maximum absolute atomic E-state index is 12.5. The van der Waals surface area contributed by atoms with Gasteiger partial charge in [0.05, 0.1) is 0 Å². The average molecular weight is 257 g/mol. The zero-order valence-electron chi connectivity index (χ0n) is 9.31. The SMILES string of the molecule is C=CC1CC(=O)N(c2cc(C(F)(F)F)ncn2)C1. The molecule has 4 nitrogen and oxygen atoms in total. The van der Waals surface area contributed by atoms with E-state index in [4.69, 9.17) is 0 Å². The Hall–Kier alpha value is -1.92. The van der Waals surface area contributed by atoms with Crippen LogP contribution < -0.4 is 4.90 Å². The van der Waals surface area contributed by atoms with E-state index >= 15 is 0 Å². The largest absolute Gasteiger partial charge is 0.433 e. The molecule has 7 heteroatoms. The molecule has 0 bridgehead atoms. The minimum Gasteiger partial charge on any atom is -0.296 e. The summed E-state index contributed by atoms with van der Waals surface area (Å²) in [5.41, 5.74) is -1.05. The summed E-state index contributed by atoms with van der Waals surface area (Å²) in [4.78, 5) is 19.7. The van der Waals surface area contributed by atoms with Crippen molar-refractivity contribution in [1.29, 1.82) is 0 Å². The zero-order valence-corrected chi connectivity index (χ0v) is 9.31. The van der Waals surface area contributed by atoms with Crippen LogP contribution >= 0.6 is 0 Å². The third-order valence-corrected chi connectivity index (χ3v) is 2.71. The Morgan fingerprint density at radius 1 is 1.44 bits per heavy atom. The van der Waals surface area contributed by atoms with Crippen molar-refractivity contribution in [2.24, 2.45) is 5.92 Å². The van der Waals surface area contributed by atoms with Gasteiger partial charge in [-0.2, -0.15) is 13.2 Å². The van der Waals surface area contributed by atoms with Crippen molar-refractivity contribution in [1.82, 2.24) is 9.97 Å². The molecular formula is C11H10F3N3O. The van der Waals surface area contributed by atoms with Gasteiger partial charge in [-0.15, -0.1) is 6.58 Å². The molecule has 1 aliphatic heterocycles. The molecular weight excluding hydrogens is 247 g/mol. The maximum Gasteiger partial charge on any atom is 0.433 e. The van der Waals surface area contributed by atoms with Crippen LogP contribution in [0.5, 0.6) is 0 Å². The highest BCUT2D eigenvalue weighted by molar-refractivity contribution is 5.95. The minimum absolute atomic E-state index is 0.0216. The maximum atomic E-state index is 12.5. The second-order valence-corrected chi connectivity index (χ2v) is 3.96. The Morgan fingerprint density at radius 2 is 2.17 bits per heavy atom. The third-order valence-electron chi connectivity index (χ3n) is 2.71. The fraction of sp³-hybridized carbons (Fsp3) is 0.364. The molecule has 2 rings (SSSR count). The van der Waals surface area contributed by atoms with E-state index in [9.17, 15) is 18.0 Å². The number of amides is 1. The lowest BCUT2D eigenvalue weighted by Gasteiger charge is -2.15. The van der Waals surface area contributed by atoms with Crippen LogP contribution in [0.2, 0.25) is 0 Å². The molecule has 1 atom stereocenters. The normalized spacial score (nSPS) is 20.3. The third kappa shape index (κ3) is 2.34. The molecule has 0 saturated carbocycles. The van der Waals surface area contributed by atoms with Crippen LogP contribution in [0.25, 0.3) is 0 Å². The van der Waals surface area contributed by atoms with Crippen LogP contribution in [0.4, 0.5) is 19.0 Å². The van der Waals surface area contributed by atoms with E-state index in [1.165, 1.54) is 4.90 Å². The fourth-order valence-electron chi connectivity index (χ4n) is 1.76. The van der Waals surface area contributed by atoms with Gasteiger partial charge in [0.25, 0.3) is 0 Å². The molecule has 1 aliphatic rings. The number of rotatable bonds is 2. The van der Waals surface area contributed by atoms with E-state index in [0.29, 0.717) is 6.54 Å².